The monoisotopic (exact) mass is 318 g/mol. The lowest BCUT2D eigenvalue weighted by atomic mass is 10.2. The molecule has 0 spiro atoms. The average Bonchev–Trinajstić information content (AvgIpc) is 2.67. The summed E-state index contributed by atoms with van der Waals surface area (Å²) in [4.78, 5) is 15.8. The Morgan fingerprint density at radius 1 is 1.71 bits per heavy atom. The Morgan fingerprint density at radius 3 is 3.12 bits per heavy atom. The summed E-state index contributed by atoms with van der Waals surface area (Å²) in [6.07, 6.45) is 2.93. The highest BCUT2D eigenvalue weighted by atomic mass is 79.9. The molecule has 0 fully saturated rings. The molecule has 0 aliphatic carbocycles. The maximum Gasteiger partial charge on any atom is 0.340 e. The Bertz CT molecular complexity index is 573. The van der Waals surface area contributed by atoms with Crippen LogP contribution in [0.3, 0.4) is 0 Å². The lowest BCUT2D eigenvalue weighted by Gasteiger charge is -1.99. The van der Waals surface area contributed by atoms with E-state index in [9.17, 15) is 8.68 Å². The van der Waals surface area contributed by atoms with Crippen molar-refractivity contribution in [2.75, 3.05) is 6.61 Å². The summed E-state index contributed by atoms with van der Waals surface area (Å²) in [5.74, 6) is -0.481. The van der Waals surface area contributed by atoms with Crippen molar-refractivity contribution in [1.29, 1.82) is 0 Å². The van der Waals surface area contributed by atoms with Gasteiger partial charge in [-0.3, -0.25) is 0 Å². The van der Waals surface area contributed by atoms with Gasteiger partial charge in [-0.25, -0.2) is 13.8 Å². The molecule has 0 radical (unpaired) electrons. The number of fused-ring (bicyclic) bond motifs is 1. The molecular weight excluding hydrogens is 311 g/mol. The minimum Gasteiger partial charge on any atom is -0.462 e. The number of hydrogen-bond acceptors (Lipinski definition) is 4. The largest absolute Gasteiger partial charge is 0.462 e. The summed E-state index contributed by atoms with van der Waals surface area (Å²) in [5, 5.41) is 0.558. The first kappa shape index (κ1) is 12.4. The van der Waals surface area contributed by atoms with Crippen LogP contribution in [0.25, 0.3) is 11.0 Å². The second kappa shape index (κ2) is 5.05. The van der Waals surface area contributed by atoms with Gasteiger partial charge in [-0.2, -0.15) is 0 Å². The number of ether oxygens (including phenoxy) is 1. The lowest BCUT2D eigenvalue weighted by Crippen LogP contribution is -2.03. The van der Waals surface area contributed by atoms with E-state index in [1.807, 2.05) is 0 Å². The van der Waals surface area contributed by atoms with E-state index in [2.05, 4.69) is 20.9 Å². The quantitative estimate of drug-likeness (QED) is 0.814. The molecule has 0 N–H and O–H groups in total. The van der Waals surface area contributed by atoms with Crippen LogP contribution < -0.4 is 0 Å². The number of carbonyl (C=O) groups excluding carboxylic acids is 1. The smallest absolute Gasteiger partial charge is 0.340 e. The van der Waals surface area contributed by atoms with E-state index < -0.39 is 5.97 Å². The first-order valence-electron chi connectivity index (χ1n) is 4.80. The Labute approximate surface area is 110 Å². The molecule has 2 heterocycles. The summed E-state index contributed by atoms with van der Waals surface area (Å²) >= 11 is 3.25. The van der Waals surface area contributed by atoms with Crippen LogP contribution in [0.1, 0.15) is 17.3 Å². The molecule has 0 atom stereocenters. The fraction of sp³-hybridized carbons (Fsp3) is 0.200. The molecule has 0 saturated carbocycles. The molecule has 2 aromatic rings. The zero-order valence-electron chi connectivity index (χ0n) is 8.81. The van der Waals surface area contributed by atoms with Crippen LogP contribution in [0, 0.1) is 0 Å². The molecule has 2 rings (SSSR count). The number of carbonyl (C=O) groups is 1. The molecule has 0 aliphatic heterocycles. The molecule has 2 aromatic heterocycles. The van der Waals surface area contributed by atoms with Gasteiger partial charge < -0.3 is 4.74 Å². The van der Waals surface area contributed by atoms with Gasteiger partial charge >= 0.3 is 5.97 Å². The Morgan fingerprint density at radius 2 is 2.47 bits per heavy atom. The van der Waals surface area contributed by atoms with Crippen molar-refractivity contribution >= 4 is 45.3 Å². The van der Waals surface area contributed by atoms with Gasteiger partial charge in [0.25, 0.3) is 0 Å². The lowest BCUT2D eigenvalue weighted by molar-refractivity contribution is 0.0528. The van der Waals surface area contributed by atoms with Gasteiger partial charge in [0, 0.05) is 22.3 Å². The maximum atomic E-state index is 12.7. The number of aromatic nitrogens is 2. The SMILES string of the molecule is CCOC(=O)c1cn(SF)c2ncc(Br)cc12. The fourth-order valence-corrected chi connectivity index (χ4v) is 2.17. The molecule has 0 bridgehead atoms. The standard InChI is InChI=1S/C10H8BrFN2O2S/c1-2-16-10(15)8-5-14(17-12)9-7(8)3-6(11)4-13-9/h3-5H,2H2,1H3. The van der Waals surface area contributed by atoms with Gasteiger partial charge in [-0.05, 0) is 28.9 Å². The molecule has 0 aliphatic rings. The number of nitrogens with zero attached hydrogens (tertiary/aromatic N) is 2. The molecule has 90 valence electrons. The van der Waals surface area contributed by atoms with Crippen LogP contribution in [0.15, 0.2) is 22.9 Å². The number of hydrogen-bond donors (Lipinski definition) is 0. The fourth-order valence-electron chi connectivity index (χ4n) is 1.48. The highest BCUT2D eigenvalue weighted by Gasteiger charge is 2.17. The van der Waals surface area contributed by atoms with Crippen LogP contribution in [0.4, 0.5) is 3.89 Å². The third-order valence-corrected chi connectivity index (χ3v) is 3.01. The van der Waals surface area contributed by atoms with Crippen molar-refractivity contribution in [2.45, 2.75) is 6.92 Å². The zero-order chi connectivity index (χ0) is 12.4. The first-order chi connectivity index (χ1) is 8.17. The van der Waals surface area contributed by atoms with Crippen LogP contribution in [-0.2, 0) is 4.74 Å². The van der Waals surface area contributed by atoms with E-state index in [1.165, 1.54) is 10.2 Å². The molecule has 0 saturated heterocycles. The van der Waals surface area contributed by atoms with E-state index >= 15 is 0 Å². The van der Waals surface area contributed by atoms with Crippen molar-refractivity contribution in [3.8, 4) is 0 Å². The zero-order valence-corrected chi connectivity index (χ0v) is 11.2. The highest BCUT2D eigenvalue weighted by molar-refractivity contribution is 9.10. The number of pyridine rings is 1. The van der Waals surface area contributed by atoms with E-state index in [0.717, 1.165) is 4.47 Å². The molecule has 0 amide bonds. The van der Waals surface area contributed by atoms with Crippen LogP contribution in [-0.4, -0.2) is 21.5 Å². The van der Waals surface area contributed by atoms with Crippen LogP contribution in [0.2, 0.25) is 0 Å². The highest BCUT2D eigenvalue weighted by Crippen LogP contribution is 2.27. The molecule has 7 heteroatoms. The van der Waals surface area contributed by atoms with E-state index in [0.29, 0.717) is 16.6 Å². The van der Waals surface area contributed by atoms with Gasteiger partial charge in [0.1, 0.15) is 0 Å². The van der Waals surface area contributed by atoms with Gasteiger partial charge in [0.2, 0.25) is 0 Å². The van der Waals surface area contributed by atoms with Crippen molar-refractivity contribution in [3.05, 3.63) is 28.5 Å². The summed E-state index contributed by atoms with van der Waals surface area (Å²) in [6.45, 7) is 1.99. The van der Waals surface area contributed by atoms with Crippen molar-refractivity contribution in [3.63, 3.8) is 0 Å². The second-order valence-corrected chi connectivity index (χ2v) is 4.63. The molecule has 0 aromatic carbocycles. The normalized spacial score (nSPS) is 10.8. The summed E-state index contributed by atoms with van der Waals surface area (Å²) in [6, 6.07) is 1.71. The van der Waals surface area contributed by atoms with Gasteiger partial charge in [-0.1, -0.05) is 0 Å². The van der Waals surface area contributed by atoms with Crippen molar-refractivity contribution in [1.82, 2.24) is 8.96 Å². The minimum atomic E-state index is -0.481. The molecular formula is C10H8BrFN2O2S. The predicted octanol–water partition coefficient (Wildman–Crippen LogP) is 3.36. The third-order valence-electron chi connectivity index (χ3n) is 2.15. The summed E-state index contributed by atoms with van der Waals surface area (Å²) < 4.78 is 19.5. The topological polar surface area (TPSA) is 44.1 Å². The van der Waals surface area contributed by atoms with Crippen LogP contribution in [0.5, 0.6) is 0 Å². The van der Waals surface area contributed by atoms with E-state index in [4.69, 9.17) is 4.74 Å². The minimum absolute atomic E-state index is 0.00844. The Balaban J connectivity index is 2.62. The predicted molar refractivity (Wildman–Crippen MR) is 67.5 cm³/mol. The summed E-state index contributed by atoms with van der Waals surface area (Å²) in [5.41, 5.74) is 0.699. The third kappa shape index (κ3) is 2.30. The van der Waals surface area contributed by atoms with Gasteiger partial charge in [-0.15, -0.1) is 3.89 Å². The molecule has 4 nitrogen and oxygen atoms in total. The average molecular weight is 319 g/mol. The maximum absolute atomic E-state index is 12.7. The van der Waals surface area contributed by atoms with Gasteiger partial charge in [0.15, 0.2) is 18.0 Å². The Kier molecular flexibility index (Phi) is 3.68. The molecule has 17 heavy (non-hydrogen) atoms. The Hall–Kier alpha value is -1.08. The van der Waals surface area contributed by atoms with Crippen LogP contribution >= 0.6 is 28.3 Å². The number of esters is 1. The first-order valence-corrected chi connectivity index (χ1v) is 6.26. The molecule has 0 unspecified atom stereocenters. The number of rotatable bonds is 3. The number of halogens is 2. The van der Waals surface area contributed by atoms with E-state index in [-0.39, 0.29) is 18.9 Å². The van der Waals surface area contributed by atoms with E-state index in [1.54, 1.807) is 19.2 Å². The van der Waals surface area contributed by atoms with Gasteiger partial charge in [0.05, 0.1) is 12.2 Å². The summed E-state index contributed by atoms with van der Waals surface area (Å²) in [7, 11) is 0. The van der Waals surface area contributed by atoms with Crippen molar-refractivity contribution < 1.29 is 13.4 Å². The van der Waals surface area contributed by atoms with Crippen molar-refractivity contribution in [2.24, 2.45) is 0 Å². The second-order valence-electron chi connectivity index (χ2n) is 3.18.